The second-order valence-corrected chi connectivity index (χ2v) is 5.89. The molecule has 5 heteroatoms. The molecule has 1 amide bonds. The lowest BCUT2D eigenvalue weighted by Gasteiger charge is -2.35. The van der Waals surface area contributed by atoms with Crippen LogP contribution in [-0.2, 0) is 0 Å². The molecule has 0 radical (unpaired) electrons. The molecule has 4 nitrogen and oxygen atoms in total. The Labute approximate surface area is 132 Å². The summed E-state index contributed by atoms with van der Waals surface area (Å²) in [5, 5.41) is 7.70. The van der Waals surface area contributed by atoms with Crippen molar-refractivity contribution in [1.82, 2.24) is 9.80 Å². The summed E-state index contributed by atoms with van der Waals surface area (Å²) in [5.41, 5.74) is 3.67. The summed E-state index contributed by atoms with van der Waals surface area (Å²) >= 11 is 4.12. The van der Waals surface area contributed by atoms with E-state index in [0.29, 0.717) is 18.0 Å². The standard InChI is InChI=1S/C16H23N3OS/c1-12-4-3-5-15(13(12)2)16(20)19-8-6-18(7-9-19)10-14(17)11-21/h3-5,17,21H,6-11H2,1-2H3. The van der Waals surface area contributed by atoms with Crippen LogP contribution in [0.4, 0.5) is 0 Å². The lowest BCUT2D eigenvalue weighted by molar-refractivity contribution is 0.0653. The van der Waals surface area contributed by atoms with Crippen LogP contribution in [0.3, 0.4) is 0 Å². The summed E-state index contributed by atoms with van der Waals surface area (Å²) < 4.78 is 0. The normalized spacial score (nSPS) is 16.0. The third-order valence-electron chi connectivity index (χ3n) is 4.10. The van der Waals surface area contributed by atoms with Crippen molar-refractivity contribution in [2.75, 3.05) is 38.5 Å². The molecule has 0 atom stereocenters. The zero-order valence-electron chi connectivity index (χ0n) is 12.7. The number of nitrogens with one attached hydrogen (secondary N) is 1. The van der Waals surface area contributed by atoms with E-state index in [1.165, 1.54) is 0 Å². The molecule has 2 rings (SSSR count). The summed E-state index contributed by atoms with van der Waals surface area (Å²) in [6.07, 6.45) is 0. The molecule has 1 saturated heterocycles. The van der Waals surface area contributed by atoms with E-state index in [1.54, 1.807) is 0 Å². The van der Waals surface area contributed by atoms with E-state index in [1.807, 2.05) is 36.9 Å². The first kappa shape index (κ1) is 16.0. The molecule has 1 aliphatic rings. The molecule has 1 aliphatic heterocycles. The van der Waals surface area contributed by atoms with Gasteiger partial charge in [-0.3, -0.25) is 9.69 Å². The van der Waals surface area contributed by atoms with E-state index in [-0.39, 0.29) is 5.91 Å². The number of benzene rings is 1. The fourth-order valence-corrected chi connectivity index (χ4v) is 2.68. The van der Waals surface area contributed by atoms with E-state index in [2.05, 4.69) is 17.5 Å². The van der Waals surface area contributed by atoms with Crippen LogP contribution < -0.4 is 0 Å². The number of carbonyl (C=O) groups is 1. The van der Waals surface area contributed by atoms with Gasteiger partial charge in [-0.25, -0.2) is 0 Å². The molecule has 0 bridgehead atoms. The predicted molar refractivity (Wildman–Crippen MR) is 89.8 cm³/mol. The molecular weight excluding hydrogens is 282 g/mol. The van der Waals surface area contributed by atoms with Crippen LogP contribution in [0, 0.1) is 19.3 Å². The van der Waals surface area contributed by atoms with Gasteiger partial charge in [0.15, 0.2) is 0 Å². The maximum Gasteiger partial charge on any atom is 0.254 e. The van der Waals surface area contributed by atoms with Gasteiger partial charge in [-0.15, -0.1) is 0 Å². The van der Waals surface area contributed by atoms with Gasteiger partial charge in [0.1, 0.15) is 0 Å². The molecule has 1 fully saturated rings. The van der Waals surface area contributed by atoms with E-state index < -0.39 is 0 Å². The molecule has 114 valence electrons. The Morgan fingerprint density at radius 3 is 2.52 bits per heavy atom. The van der Waals surface area contributed by atoms with Crippen molar-refractivity contribution in [2.24, 2.45) is 0 Å². The number of thiol groups is 1. The van der Waals surface area contributed by atoms with Crippen molar-refractivity contribution in [2.45, 2.75) is 13.8 Å². The Bertz CT molecular complexity index is 536. The molecule has 21 heavy (non-hydrogen) atoms. The summed E-state index contributed by atoms with van der Waals surface area (Å²) in [5.74, 6) is 0.627. The first-order valence-electron chi connectivity index (χ1n) is 7.28. The minimum Gasteiger partial charge on any atom is -0.336 e. The average molecular weight is 305 g/mol. The van der Waals surface area contributed by atoms with Gasteiger partial charge in [0.25, 0.3) is 5.91 Å². The SMILES string of the molecule is Cc1cccc(C(=O)N2CCN(CC(=N)CS)CC2)c1C. The third kappa shape index (κ3) is 3.86. The van der Waals surface area contributed by atoms with Gasteiger partial charge in [0.2, 0.25) is 0 Å². The number of rotatable bonds is 4. The summed E-state index contributed by atoms with van der Waals surface area (Å²) in [4.78, 5) is 16.7. The second-order valence-electron chi connectivity index (χ2n) is 5.58. The molecule has 1 N–H and O–H groups in total. The summed E-state index contributed by atoms with van der Waals surface area (Å²) in [7, 11) is 0. The number of hydrogen-bond donors (Lipinski definition) is 2. The van der Waals surface area contributed by atoms with Gasteiger partial charge in [-0.05, 0) is 31.0 Å². The minimum atomic E-state index is 0.125. The highest BCUT2D eigenvalue weighted by molar-refractivity contribution is 7.81. The van der Waals surface area contributed by atoms with Gasteiger partial charge in [0.05, 0.1) is 0 Å². The maximum atomic E-state index is 12.6. The van der Waals surface area contributed by atoms with Gasteiger partial charge in [-0.1, -0.05) is 12.1 Å². The van der Waals surface area contributed by atoms with Gasteiger partial charge >= 0.3 is 0 Å². The number of aryl methyl sites for hydroxylation is 1. The predicted octanol–water partition coefficient (Wildman–Crippen LogP) is 2.01. The number of nitrogens with zero attached hydrogens (tertiary/aromatic N) is 2. The van der Waals surface area contributed by atoms with Gasteiger partial charge in [0, 0.05) is 49.8 Å². The molecule has 1 aromatic carbocycles. The highest BCUT2D eigenvalue weighted by atomic mass is 32.1. The van der Waals surface area contributed by atoms with Crippen molar-refractivity contribution < 1.29 is 4.79 Å². The highest BCUT2D eigenvalue weighted by Gasteiger charge is 2.23. The number of piperazine rings is 1. The second kappa shape index (κ2) is 7.09. The molecule has 1 aromatic rings. The lowest BCUT2D eigenvalue weighted by atomic mass is 10.0. The Hall–Kier alpha value is -1.33. The van der Waals surface area contributed by atoms with E-state index in [0.717, 1.165) is 42.9 Å². The fraction of sp³-hybridized carbons (Fsp3) is 0.500. The Balaban J connectivity index is 1.97. The van der Waals surface area contributed by atoms with E-state index in [9.17, 15) is 4.79 Å². The maximum absolute atomic E-state index is 12.6. The monoisotopic (exact) mass is 305 g/mol. The Morgan fingerprint density at radius 2 is 1.90 bits per heavy atom. The quantitative estimate of drug-likeness (QED) is 0.660. The van der Waals surface area contributed by atoms with Crippen LogP contribution >= 0.6 is 12.6 Å². The molecular formula is C16H23N3OS. The fourth-order valence-electron chi connectivity index (χ4n) is 2.58. The van der Waals surface area contributed by atoms with Crippen LogP contribution in [0.15, 0.2) is 18.2 Å². The van der Waals surface area contributed by atoms with Crippen molar-refractivity contribution in [1.29, 1.82) is 5.41 Å². The van der Waals surface area contributed by atoms with Gasteiger partial charge < -0.3 is 10.3 Å². The highest BCUT2D eigenvalue weighted by Crippen LogP contribution is 2.16. The average Bonchev–Trinajstić information content (AvgIpc) is 2.50. The number of amides is 1. The largest absolute Gasteiger partial charge is 0.336 e. The number of hydrogen-bond acceptors (Lipinski definition) is 4. The number of carbonyl (C=O) groups excluding carboxylic acids is 1. The van der Waals surface area contributed by atoms with E-state index in [4.69, 9.17) is 5.41 Å². The van der Waals surface area contributed by atoms with Crippen LogP contribution in [0.5, 0.6) is 0 Å². The summed E-state index contributed by atoms with van der Waals surface area (Å²) in [6, 6.07) is 5.89. The first-order chi connectivity index (χ1) is 10.0. The molecule has 1 heterocycles. The first-order valence-corrected chi connectivity index (χ1v) is 7.91. The van der Waals surface area contributed by atoms with Crippen LogP contribution in [0.1, 0.15) is 21.5 Å². The van der Waals surface area contributed by atoms with Crippen LogP contribution in [0.2, 0.25) is 0 Å². The smallest absolute Gasteiger partial charge is 0.254 e. The van der Waals surface area contributed by atoms with Gasteiger partial charge in [-0.2, -0.15) is 12.6 Å². The van der Waals surface area contributed by atoms with Crippen molar-refractivity contribution >= 4 is 24.2 Å². The van der Waals surface area contributed by atoms with Crippen LogP contribution in [-0.4, -0.2) is 59.9 Å². The molecule has 0 spiro atoms. The summed E-state index contributed by atoms with van der Waals surface area (Å²) in [6.45, 7) is 7.81. The Kier molecular flexibility index (Phi) is 5.42. The Morgan fingerprint density at radius 1 is 1.24 bits per heavy atom. The van der Waals surface area contributed by atoms with Crippen molar-refractivity contribution in [3.8, 4) is 0 Å². The lowest BCUT2D eigenvalue weighted by Crippen LogP contribution is -2.50. The topological polar surface area (TPSA) is 47.4 Å². The zero-order chi connectivity index (χ0) is 15.4. The van der Waals surface area contributed by atoms with Crippen molar-refractivity contribution in [3.05, 3.63) is 34.9 Å². The molecule has 0 unspecified atom stereocenters. The minimum absolute atomic E-state index is 0.125. The van der Waals surface area contributed by atoms with E-state index >= 15 is 0 Å². The zero-order valence-corrected chi connectivity index (χ0v) is 13.6. The molecule has 0 aromatic heterocycles. The molecule has 0 saturated carbocycles. The molecule has 0 aliphatic carbocycles. The van der Waals surface area contributed by atoms with Crippen LogP contribution in [0.25, 0.3) is 0 Å². The van der Waals surface area contributed by atoms with Crippen molar-refractivity contribution in [3.63, 3.8) is 0 Å². The third-order valence-corrected chi connectivity index (χ3v) is 4.48.